The highest BCUT2D eigenvalue weighted by Gasteiger charge is 2.10. The lowest BCUT2D eigenvalue weighted by Gasteiger charge is -2.11. The first kappa shape index (κ1) is 14.1. The number of aliphatic hydroxyl groups is 1. The largest absolute Gasteiger partial charge is 0.493 e. The topological polar surface area (TPSA) is 51.6 Å². The Morgan fingerprint density at radius 1 is 1.32 bits per heavy atom. The van der Waals surface area contributed by atoms with Gasteiger partial charge in [-0.1, -0.05) is 17.7 Å². The molecule has 0 atom stereocenters. The summed E-state index contributed by atoms with van der Waals surface area (Å²) in [6, 6.07) is 6.83. The molecule has 0 saturated heterocycles. The van der Waals surface area contributed by atoms with Crippen LogP contribution in [0.5, 0.6) is 17.4 Å². The van der Waals surface area contributed by atoms with Gasteiger partial charge in [-0.3, -0.25) is 0 Å². The zero-order valence-corrected chi connectivity index (χ0v) is 12.4. The Kier molecular flexibility index (Phi) is 4.63. The smallest absolute Gasteiger partial charge is 0.238 e. The Morgan fingerprint density at radius 2 is 2.11 bits per heavy atom. The number of halogens is 2. The maximum atomic E-state index is 9.08. The molecule has 0 aliphatic carbocycles. The van der Waals surface area contributed by atoms with Crippen LogP contribution in [0, 0.1) is 0 Å². The SMILES string of the molecule is COc1cc(CO)ccc1Oc1ncc(Br)cc1Cl. The molecule has 1 N–H and O–H groups in total. The van der Waals surface area contributed by atoms with Crippen molar-refractivity contribution >= 4 is 27.5 Å². The van der Waals surface area contributed by atoms with E-state index >= 15 is 0 Å². The fourth-order valence-corrected chi connectivity index (χ4v) is 2.14. The van der Waals surface area contributed by atoms with Crippen LogP contribution in [0.15, 0.2) is 34.9 Å². The lowest BCUT2D eigenvalue weighted by Crippen LogP contribution is -1.94. The molecule has 0 fully saturated rings. The van der Waals surface area contributed by atoms with Gasteiger partial charge in [-0.2, -0.15) is 0 Å². The molecule has 0 bridgehead atoms. The zero-order chi connectivity index (χ0) is 13.8. The Labute approximate surface area is 124 Å². The van der Waals surface area contributed by atoms with E-state index in [1.165, 1.54) is 7.11 Å². The van der Waals surface area contributed by atoms with E-state index in [0.29, 0.717) is 22.4 Å². The van der Waals surface area contributed by atoms with Gasteiger partial charge in [-0.15, -0.1) is 0 Å². The van der Waals surface area contributed by atoms with E-state index in [4.69, 9.17) is 26.2 Å². The number of hydrogen-bond acceptors (Lipinski definition) is 4. The average molecular weight is 345 g/mol. The lowest BCUT2D eigenvalue weighted by molar-refractivity contribution is 0.280. The minimum atomic E-state index is -0.0616. The fourth-order valence-electron chi connectivity index (χ4n) is 1.48. The van der Waals surface area contributed by atoms with Gasteiger partial charge in [0, 0.05) is 10.7 Å². The van der Waals surface area contributed by atoms with E-state index < -0.39 is 0 Å². The van der Waals surface area contributed by atoms with Crippen LogP contribution in [-0.4, -0.2) is 17.2 Å². The predicted octanol–water partition coefficient (Wildman–Crippen LogP) is 3.79. The molecule has 1 aromatic heterocycles. The lowest BCUT2D eigenvalue weighted by atomic mass is 10.2. The van der Waals surface area contributed by atoms with E-state index in [9.17, 15) is 0 Å². The molecule has 0 saturated carbocycles. The molecule has 2 aromatic rings. The third-order valence-electron chi connectivity index (χ3n) is 2.39. The number of pyridine rings is 1. The summed E-state index contributed by atoms with van der Waals surface area (Å²) in [5, 5.41) is 9.47. The van der Waals surface area contributed by atoms with Crippen molar-refractivity contribution in [1.82, 2.24) is 4.98 Å². The third kappa shape index (κ3) is 3.37. The number of aliphatic hydroxyl groups excluding tert-OH is 1. The Balaban J connectivity index is 2.32. The summed E-state index contributed by atoms with van der Waals surface area (Å²) in [6.45, 7) is -0.0616. The van der Waals surface area contributed by atoms with Crippen LogP contribution >= 0.6 is 27.5 Å². The summed E-state index contributed by atoms with van der Waals surface area (Å²) in [5.74, 6) is 1.28. The Hall–Kier alpha value is -1.30. The molecule has 6 heteroatoms. The molecule has 100 valence electrons. The normalized spacial score (nSPS) is 10.3. The van der Waals surface area contributed by atoms with Crippen LogP contribution in [0.1, 0.15) is 5.56 Å². The van der Waals surface area contributed by atoms with Gasteiger partial charge >= 0.3 is 0 Å². The van der Waals surface area contributed by atoms with Gasteiger partial charge in [-0.05, 0) is 39.7 Å². The second-order valence-corrected chi connectivity index (χ2v) is 5.01. The highest BCUT2D eigenvalue weighted by Crippen LogP contribution is 2.35. The summed E-state index contributed by atoms with van der Waals surface area (Å²) in [7, 11) is 1.53. The summed E-state index contributed by atoms with van der Waals surface area (Å²) in [6.07, 6.45) is 1.59. The maximum absolute atomic E-state index is 9.08. The number of rotatable bonds is 4. The minimum Gasteiger partial charge on any atom is -0.493 e. The van der Waals surface area contributed by atoms with Crippen molar-refractivity contribution in [2.45, 2.75) is 6.61 Å². The molecule has 0 spiro atoms. The molecular formula is C13H11BrClNO3. The Bertz CT molecular complexity index is 592. The summed E-state index contributed by atoms with van der Waals surface area (Å²) in [4.78, 5) is 4.09. The van der Waals surface area contributed by atoms with Gasteiger partial charge in [0.15, 0.2) is 11.5 Å². The molecule has 1 heterocycles. The van der Waals surface area contributed by atoms with Gasteiger partial charge in [0.25, 0.3) is 0 Å². The van der Waals surface area contributed by atoms with Crippen LogP contribution in [0.2, 0.25) is 5.02 Å². The van der Waals surface area contributed by atoms with E-state index in [1.54, 1.807) is 30.5 Å². The monoisotopic (exact) mass is 343 g/mol. The molecule has 1 aromatic carbocycles. The summed E-state index contributed by atoms with van der Waals surface area (Å²) in [5.41, 5.74) is 0.735. The van der Waals surface area contributed by atoms with Gasteiger partial charge in [-0.25, -0.2) is 4.98 Å². The quantitative estimate of drug-likeness (QED) is 0.917. The molecular weight excluding hydrogens is 334 g/mol. The number of aromatic nitrogens is 1. The second-order valence-electron chi connectivity index (χ2n) is 3.69. The van der Waals surface area contributed by atoms with Gasteiger partial charge in [0.1, 0.15) is 5.02 Å². The highest BCUT2D eigenvalue weighted by atomic mass is 79.9. The first-order valence-corrected chi connectivity index (χ1v) is 6.58. The first-order valence-electron chi connectivity index (χ1n) is 5.40. The van der Waals surface area contributed by atoms with E-state index in [1.807, 2.05) is 0 Å². The van der Waals surface area contributed by atoms with Crippen LogP contribution in [0.4, 0.5) is 0 Å². The molecule has 0 amide bonds. The standard InChI is InChI=1S/C13H11BrClNO3/c1-18-12-4-8(7-17)2-3-11(12)19-13-10(15)5-9(14)6-16-13/h2-6,17H,7H2,1H3. The number of ether oxygens (including phenoxy) is 2. The third-order valence-corrected chi connectivity index (χ3v) is 3.10. The molecule has 0 radical (unpaired) electrons. The van der Waals surface area contributed by atoms with Crippen LogP contribution in [0.25, 0.3) is 0 Å². The van der Waals surface area contributed by atoms with E-state index in [-0.39, 0.29) is 6.61 Å². The van der Waals surface area contributed by atoms with Crippen molar-refractivity contribution in [1.29, 1.82) is 0 Å². The van der Waals surface area contributed by atoms with E-state index in [2.05, 4.69) is 20.9 Å². The predicted molar refractivity (Wildman–Crippen MR) is 75.9 cm³/mol. The maximum Gasteiger partial charge on any atom is 0.238 e. The number of benzene rings is 1. The summed E-state index contributed by atoms with van der Waals surface area (Å²) < 4.78 is 11.6. The molecule has 4 nitrogen and oxygen atoms in total. The molecule has 0 unspecified atom stereocenters. The number of methoxy groups -OCH3 is 1. The average Bonchev–Trinajstić information content (AvgIpc) is 2.42. The van der Waals surface area contributed by atoms with Crippen molar-refractivity contribution in [3.63, 3.8) is 0 Å². The van der Waals surface area contributed by atoms with Crippen molar-refractivity contribution in [3.05, 3.63) is 45.5 Å². The molecule has 19 heavy (non-hydrogen) atoms. The van der Waals surface area contributed by atoms with Crippen molar-refractivity contribution in [3.8, 4) is 17.4 Å². The van der Waals surface area contributed by atoms with Crippen molar-refractivity contribution < 1.29 is 14.6 Å². The fraction of sp³-hybridized carbons (Fsp3) is 0.154. The number of nitrogens with zero attached hydrogens (tertiary/aromatic N) is 1. The molecule has 0 aliphatic heterocycles. The zero-order valence-electron chi connectivity index (χ0n) is 10.1. The van der Waals surface area contributed by atoms with Crippen LogP contribution in [-0.2, 0) is 6.61 Å². The van der Waals surface area contributed by atoms with Gasteiger partial charge in [0.05, 0.1) is 13.7 Å². The Morgan fingerprint density at radius 3 is 2.74 bits per heavy atom. The van der Waals surface area contributed by atoms with Crippen LogP contribution in [0.3, 0.4) is 0 Å². The molecule has 0 aliphatic rings. The second kappa shape index (κ2) is 6.23. The molecule has 2 rings (SSSR count). The van der Waals surface area contributed by atoms with Gasteiger partial charge in [0.2, 0.25) is 5.88 Å². The van der Waals surface area contributed by atoms with Crippen LogP contribution < -0.4 is 9.47 Å². The van der Waals surface area contributed by atoms with E-state index in [0.717, 1.165) is 10.0 Å². The van der Waals surface area contributed by atoms with Gasteiger partial charge < -0.3 is 14.6 Å². The number of hydrogen-bond donors (Lipinski definition) is 1. The van der Waals surface area contributed by atoms with Crippen molar-refractivity contribution in [2.75, 3.05) is 7.11 Å². The minimum absolute atomic E-state index is 0.0616. The summed E-state index contributed by atoms with van der Waals surface area (Å²) >= 11 is 9.31. The highest BCUT2D eigenvalue weighted by molar-refractivity contribution is 9.10. The van der Waals surface area contributed by atoms with Crippen molar-refractivity contribution in [2.24, 2.45) is 0 Å². The first-order chi connectivity index (χ1) is 9.13.